The molecule has 0 spiro atoms. The molecule has 0 fully saturated rings. The van der Waals surface area contributed by atoms with E-state index in [-0.39, 0.29) is 18.0 Å². The summed E-state index contributed by atoms with van der Waals surface area (Å²) < 4.78 is 11.0. The van der Waals surface area contributed by atoms with E-state index in [1.165, 1.54) is 19.3 Å². The molecule has 0 heterocycles. The van der Waals surface area contributed by atoms with Gasteiger partial charge in [-0.3, -0.25) is 9.59 Å². The first-order chi connectivity index (χ1) is 14.5. The summed E-state index contributed by atoms with van der Waals surface area (Å²) in [7, 11) is 0. The Bertz CT molecular complexity index is 570. The molecule has 0 aromatic heterocycles. The van der Waals surface area contributed by atoms with Gasteiger partial charge in [-0.05, 0) is 50.7 Å². The van der Waals surface area contributed by atoms with Gasteiger partial charge < -0.3 is 9.47 Å². The third-order valence-corrected chi connectivity index (χ3v) is 5.50. The number of rotatable bonds is 17. The van der Waals surface area contributed by atoms with Crippen LogP contribution in [0, 0.1) is 5.92 Å². The quantitative estimate of drug-likeness (QED) is 0.152. The summed E-state index contributed by atoms with van der Waals surface area (Å²) in [6.45, 7) is 6.36. The molecule has 0 aliphatic carbocycles. The lowest BCUT2D eigenvalue weighted by atomic mass is 9.91. The summed E-state index contributed by atoms with van der Waals surface area (Å²) in [5, 5.41) is 0. The Morgan fingerprint density at radius 2 is 1.47 bits per heavy atom. The maximum atomic E-state index is 12.1. The van der Waals surface area contributed by atoms with Crippen molar-refractivity contribution < 1.29 is 19.1 Å². The molecule has 0 N–H and O–H groups in total. The van der Waals surface area contributed by atoms with Crippen LogP contribution in [-0.4, -0.2) is 18.0 Å². The molecule has 0 saturated heterocycles. The van der Waals surface area contributed by atoms with Gasteiger partial charge in [-0.25, -0.2) is 0 Å². The molecular weight excluding hydrogens is 376 g/mol. The van der Waals surface area contributed by atoms with E-state index in [1.54, 1.807) is 12.1 Å². The predicted octanol–water partition coefficient (Wildman–Crippen LogP) is 7.25. The molecule has 2 atom stereocenters. The van der Waals surface area contributed by atoms with Crippen LogP contribution in [0.1, 0.15) is 104 Å². The Kier molecular flexibility index (Phi) is 14.8. The molecule has 0 amide bonds. The summed E-state index contributed by atoms with van der Waals surface area (Å²) in [6, 6.07) is 9.22. The maximum Gasteiger partial charge on any atom is 0.311 e. The van der Waals surface area contributed by atoms with Crippen molar-refractivity contribution in [3.63, 3.8) is 0 Å². The monoisotopic (exact) mass is 418 g/mol. The molecule has 0 aliphatic heterocycles. The number of para-hydroxylation sites is 1. The van der Waals surface area contributed by atoms with Gasteiger partial charge in [0.15, 0.2) is 0 Å². The van der Waals surface area contributed by atoms with Crippen molar-refractivity contribution in [1.82, 2.24) is 0 Å². The lowest BCUT2D eigenvalue weighted by molar-refractivity contribution is -0.148. The lowest BCUT2D eigenvalue weighted by Gasteiger charge is -2.19. The molecule has 1 rings (SSSR count). The Morgan fingerprint density at radius 1 is 0.767 bits per heavy atom. The lowest BCUT2D eigenvalue weighted by Crippen LogP contribution is -2.17. The SMILES string of the molecule is CCCCCCCC(=O)OC(C)CCC(CCCC)CCC(=O)Oc1ccccc1. The first-order valence-electron chi connectivity index (χ1n) is 12.0. The topological polar surface area (TPSA) is 52.6 Å². The summed E-state index contributed by atoms with van der Waals surface area (Å²) in [5.74, 6) is 0.812. The van der Waals surface area contributed by atoms with Gasteiger partial charge in [0, 0.05) is 12.8 Å². The van der Waals surface area contributed by atoms with Gasteiger partial charge in [0.25, 0.3) is 0 Å². The Balaban J connectivity index is 2.29. The minimum atomic E-state index is -0.176. The minimum absolute atomic E-state index is 0.0615. The smallest absolute Gasteiger partial charge is 0.311 e. The van der Waals surface area contributed by atoms with Crippen molar-refractivity contribution in [3.8, 4) is 5.75 Å². The van der Waals surface area contributed by atoms with Gasteiger partial charge in [-0.15, -0.1) is 0 Å². The zero-order chi connectivity index (χ0) is 22.0. The standard InChI is InChI=1S/C26H42O4/c1-4-6-8-9-13-17-25(27)29-22(3)18-19-23(14-7-5-2)20-21-26(28)30-24-15-11-10-12-16-24/h10-12,15-16,22-23H,4-9,13-14,17-21H2,1-3H3. The fourth-order valence-electron chi connectivity index (χ4n) is 3.60. The summed E-state index contributed by atoms with van der Waals surface area (Å²) >= 11 is 0. The first kappa shape index (κ1) is 26.2. The van der Waals surface area contributed by atoms with Crippen LogP contribution < -0.4 is 4.74 Å². The third-order valence-electron chi connectivity index (χ3n) is 5.50. The van der Waals surface area contributed by atoms with Crippen LogP contribution in [0.5, 0.6) is 5.75 Å². The van der Waals surface area contributed by atoms with Crippen molar-refractivity contribution in [2.24, 2.45) is 5.92 Å². The van der Waals surface area contributed by atoms with Crippen LogP contribution in [0.2, 0.25) is 0 Å². The molecule has 2 unspecified atom stereocenters. The molecule has 0 radical (unpaired) electrons. The molecule has 1 aromatic rings. The molecule has 0 bridgehead atoms. The fraction of sp³-hybridized carbons (Fsp3) is 0.692. The highest BCUT2D eigenvalue weighted by Crippen LogP contribution is 2.23. The Labute approximate surface area is 183 Å². The van der Waals surface area contributed by atoms with E-state index < -0.39 is 0 Å². The van der Waals surface area contributed by atoms with Crippen molar-refractivity contribution in [3.05, 3.63) is 30.3 Å². The second kappa shape index (κ2) is 16.9. The van der Waals surface area contributed by atoms with Gasteiger partial charge in [0.05, 0.1) is 6.10 Å². The molecule has 170 valence electrons. The third kappa shape index (κ3) is 13.4. The normalized spacial score (nSPS) is 12.9. The second-order valence-corrected chi connectivity index (χ2v) is 8.38. The molecule has 30 heavy (non-hydrogen) atoms. The molecular formula is C26H42O4. The number of hydrogen-bond acceptors (Lipinski definition) is 4. The zero-order valence-electron chi connectivity index (χ0n) is 19.4. The van der Waals surface area contributed by atoms with Crippen LogP contribution >= 0.6 is 0 Å². The van der Waals surface area contributed by atoms with Crippen LogP contribution in [-0.2, 0) is 14.3 Å². The van der Waals surface area contributed by atoms with Crippen molar-refractivity contribution in [2.45, 2.75) is 110 Å². The van der Waals surface area contributed by atoms with Crippen LogP contribution in [0.15, 0.2) is 30.3 Å². The van der Waals surface area contributed by atoms with Gasteiger partial charge in [0.2, 0.25) is 0 Å². The van der Waals surface area contributed by atoms with Gasteiger partial charge in [0.1, 0.15) is 5.75 Å². The minimum Gasteiger partial charge on any atom is -0.463 e. The van der Waals surface area contributed by atoms with E-state index in [0.717, 1.165) is 51.4 Å². The van der Waals surface area contributed by atoms with Crippen molar-refractivity contribution in [1.29, 1.82) is 0 Å². The van der Waals surface area contributed by atoms with E-state index in [4.69, 9.17) is 9.47 Å². The Morgan fingerprint density at radius 3 is 2.17 bits per heavy atom. The number of carbonyl (C=O) groups excluding carboxylic acids is 2. The zero-order valence-corrected chi connectivity index (χ0v) is 19.4. The number of hydrogen-bond donors (Lipinski definition) is 0. The fourth-order valence-corrected chi connectivity index (χ4v) is 3.60. The maximum absolute atomic E-state index is 12.1. The largest absolute Gasteiger partial charge is 0.463 e. The summed E-state index contributed by atoms with van der Waals surface area (Å²) in [4.78, 5) is 24.2. The number of esters is 2. The molecule has 1 aromatic carbocycles. The van der Waals surface area contributed by atoms with Crippen LogP contribution in [0.3, 0.4) is 0 Å². The first-order valence-corrected chi connectivity index (χ1v) is 12.0. The van der Waals surface area contributed by atoms with E-state index in [1.807, 2.05) is 25.1 Å². The number of benzene rings is 1. The highest BCUT2D eigenvalue weighted by atomic mass is 16.5. The van der Waals surface area contributed by atoms with E-state index >= 15 is 0 Å². The van der Waals surface area contributed by atoms with Crippen molar-refractivity contribution in [2.75, 3.05) is 0 Å². The number of ether oxygens (including phenoxy) is 2. The van der Waals surface area contributed by atoms with Crippen molar-refractivity contribution >= 4 is 11.9 Å². The summed E-state index contributed by atoms with van der Waals surface area (Å²) in [5.41, 5.74) is 0. The highest BCUT2D eigenvalue weighted by molar-refractivity contribution is 5.72. The van der Waals surface area contributed by atoms with Crippen LogP contribution in [0.25, 0.3) is 0 Å². The predicted molar refractivity (Wildman–Crippen MR) is 122 cm³/mol. The molecule has 0 aliphatic rings. The van der Waals surface area contributed by atoms with Gasteiger partial charge >= 0.3 is 11.9 Å². The van der Waals surface area contributed by atoms with Crippen LogP contribution in [0.4, 0.5) is 0 Å². The molecule has 0 saturated carbocycles. The highest BCUT2D eigenvalue weighted by Gasteiger charge is 2.16. The summed E-state index contributed by atoms with van der Waals surface area (Å²) in [6.07, 6.45) is 12.6. The molecule has 4 nitrogen and oxygen atoms in total. The number of unbranched alkanes of at least 4 members (excludes halogenated alkanes) is 5. The second-order valence-electron chi connectivity index (χ2n) is 8.38. The average molecular weight is 419 g/mol. The van der Waals surface area contributed by atoms with E-state index in [9.17, 15) is 9.59 Å². The van der Waals surface area contributed by atoms with E-state index in [2.05, 4.69) is 13.8 Å². The Hall–Kier alpha value is -1.84. The van der Waals surface area contributed by atoms with Gasteiger partial charge in [-0.2, -0.15) is 0 Å². The number of carbonyl (C=O) groups is 2. The van der Waals surface area contributed by atoms with E-state index in [0.29, 0.717) is 24.5 Å². The van der Waals surface area contributed by atoms with Gasteiger partial charge in [-0.1, -0.05) is 77.0 Å². The average Bonchev–Trinajstić information content (AvgIpc) is 2.73. The molecule has 4 heteroatoms.